The van der Waals surface area contributed by atoms with E-state index in [0.29, 0.717) is 18.0 Å². The molecule has 5 nitrogen and oxygen atoms in total. The highest BCUT2D eigenvalue weighted by atomic mass is 32.2. The van der Waals surface area contributed by atoms with Crippen molar-refractivity contribution >= 4 is 18.2 Å². The highest BCUT2D eigenvalue weighted by Crippen LogP contribution is 2.23. The maximum absolute atomic E-state index is 10.4. The minimum atomic E-state index is -0.571. The summed E-state index contributed by atoms with van der Waals surface area (Å²) >= 11 is 1.16. The average molecular weight is 186 g/mol. The van der Waals surface area contributed by atoms with Crippen molar-refractivity contribution < 1.29 is 9.72 Å². The molecule has 0 aromatic heterocycles. The summed E-state index contributed by atoms with van der Waals surface area (Å²) in [5.74, 6) is 0. The molecule has 0 radical (unpaired) electrons. The second-order valence-corrected chi connectivity index (χ2v) is 2.93. The van der Waals surface area contributed by atoms with Crippen molar-refractivity contribution in [1.82, 2.24) is 4.90 Å². The molecule has 0 aromatic rings. The first-order valence-corrected chi connectivity index (χ1v) is 4.01. The molecule has 1 heterocycles. The van der Waals surface area contributed by atoms with Crippen LogP contribution in [0.5, 0.6) is 0 Å². The van der Waals surface area contributed by atoms with Gasteiger partial charge in [0.2, 0.25) is 6.41 Å². The summed E-state index contributed by atoms with van der Waals surface area (Å²) in [4.78, 5) is 21.1. The van der Waals surface area contributed by atoms with Crippen molar-refractivity contribution in [2.24, 2.45) is 0 Å². The maximum atomic E-state index is 10.4. The van der Waals surface area contributed by atoms with Crippen molar-refractivity contribution in [2.75, 3.05) is 6.54 Å². The molecular weight excluding hydrogens is 180 g/mol. The van der Waals surface area contributed by atoms with E-state index in [2.05, 4.69) is 0 Å². The lowest BCUT2D eigenvalue weighted by atomic mass is 10.5. The summed E-state index contributed by atoms with van der Waals surface area (Å²) in [6.07, 6.45) is 3.16. The molecule has 6 heteroatoms. The molecule has 0 bridgehead atoms. The van der Waals surface area contributed by atoms with E-state index < -0.39 is 4.92 Å². The van der Waals surface area contributed by atoms with Gasteiger partial charge in [-0.3, -0.25) is 14.9 Å². The molecule has 0 aromatic carbocycles. The van der Waals surface area contributed by atoms with Gasteiger partial charge in [-0.15, -0.1) is 0 Å². The first kappa shape index (κ1) is 8.79. The van der Waals surface area contributed by atoms with Gasteiger partial charge in [-0.25, -0.2) is 0 Å². The zero-order valence-corrected chi connectivity index (χ0v) is 6.86. The van der Waals surface area contributed by atoms with Gasteiger partial charge in [0.1, 0.15) is 0 Å². The average Bonchev–Trinajstić information content (AvgIpc) is 2.04. The monoisotopic (exact) mass is 186 g/mol. The number of rotatable bonds is 2. The number of nitro groups is 1. The third kappa shape index (κ3) is 2.09. The highest BCUT2D eigenvalue weighted by Gasteiger charge is 2.13. The molecular formula is C6H6N2O3S. The SMILES string of the molecule is O=CN1CC=CSC1=C[N+](=O)[O-]. The minimum Gasteiger partial charge on any atom is -0.300 e. The molecule has 12 heavy (non-hydrogen) atoms. The van der Waals surface area contributed by atoms with Gasteiger partial charge in [0, 0.05) is 6.54 Å². The summed E-state index contributed by atoms with van der Waals surface area (Å²) in [5.41, 5.74) is 0. The normalized spacial score (nSPS) is 19.7. The Morgan fingerprint density at radius 3 is 3.08 bits per heavy atom. The summed E-state index contributed by atoms with van der Waals surface area (Å²) in [5, 5.41) is 12.1. The number of nitrogens with zero attached hydrogens (tertiary/aromatic N) is 2. The van der Waals surface area contributed by atoms with Gasteiger partial charge in [-0.05, 0) is 5.41 Å². The molecule has 0 N–H and O–H groups in total. The van der Waals surface area contributed by atoms with Gasteiger partial charge in [-0.1, -0.05) is 17.8 Å². The van der Waals surface area contributed by atoms with Crippen molar-refractivity contribution in [3.63, 3.8) is 0 Å². The van der Waals surface area contributed by atoms with E-state index in [-0.39, 0.29) is 0 Å². The molecule has 1 rings (SSSR count). The second-order valence-electron chi connectivity index (χ2n) is 2.00. The Hall–Kier alpha value is -1.30. The van der Waals surface area contributed by atoms with Crippen LogP contribution in [-0.4, -0.2) is 22.8 Å². The van der Waals surface area contributed by atoms with Crippen LogP contribution in [0.1, 0.15) is 0 Å². The van der Waals surface area contributed by atoms with Crippen LogP contribution in [-0.2, 0) is 4.79 Å². The topological polar surface area (TPSA) is 63.5 Å². The predicted octanol–water partition coefficient (Wildman–Crippen LogP) is 0.781. The van der Waals surface area contributed by atoms with Gasteiger partial charge in [0.15, 0.2) is 5.03 Å². The zero-order chi connectivity index (χ0) is 8.97. The molecule has 64 valence electrons. The fraction of sp³-hybridized carbons (Fsp3) is 0.167. The Morgan fingerprint density at radius 1 is 1.75 bits per heavy atom. The van der Waals surface area contributed by atoms with Crippen LogP contribution < -0.4 is 0 Å². The Labute approximate surface area is 72.9 Å². The molecule has 1 amide bonds. The minimum absolute atomic E-state index is 0.345. The van der Waals surface area contributed by atoms with Gasteiger partial charge < -0.3 is 4.90 Å². The van der Waals surface area contributed by atoms with Crippen LogP contribution in [0.2, 0.25) is 0 Å². The van der Waals surface area contributed by atoms with E-state index in [1.54, 1.807) is 11.5 Å². The van der Waals surface area contributed by atoms with Crippen LogP contribution in [0, 0.1) is 10.1 Å². The van der Waals surface area contributed by atoms with Gasteiger partial charge in [0.05, 0.1) is 4.92 Å². The molecule has 0 unspecified atom stereocenters. The van der Waals surface area contributed by atoms with E-state index in [9.17, 15) is 14.9 Å². The third-order valence-electron chi connectivity index (χ3n) is 1.21. The van der Waals surface area contributed by atoms with Crippen molar-refractivity contribution in [3.8, 4) is 0 Å². The number of hydrogen-bond donors (Lipinski definition) is 0. The van der Waals surface area contributed by atoms with E-state index >= 15 is 0 Å². The molecule has 0 aliphatic carbocycles. The molecule has 0 spiro atoms. The lowest BCUT2D eigenvalue weighted by Crippen LogP contribution is -2.22. The number of amides is 1. The molecule has 0 atom stereocenters. The van der Waals surface area contributed by atoms with E-state index in [1.165, 1.54) is 4.90 Å². The van der Waals surface area contributed by atoms with E-state index in [0.717, 1.165) is 18.0 Å². The van der Waals surface area contributed by atoms with Crippen molar-refractivity contribution in [3.05, 3.63) is 32.8 Å². The highest BCUT2D eigenvalue weighted by molar-refractivity contribution is 8.05. The standard InChI is InChI=1S/C6H6N2O3S/c9-5-7-2-1-3-12-6(7)4-8(10)11/h1,3-5H,2H2. The van der Waals surface area contributed by atoms with Gasteiger partial charge >= 0.3 is 0 Å². The van der Waals surface area contributed by atoms with Crippen molar-refractivity contribution in [1.29, 1.82) is 0 Å². The van der Waals surface area contributed by atoms with Crippen LogP contribution in [0.4, 0.5) is 0 Å². The van der Waals surface area contributed by atoms with Crippen LogP contribution in [0.3, 0.4) is 0 Å². The summed E-state index contributed by atoms with van der Waals surface area (Å²) < 4.78 is 0. The number of hydrogen-bond acceptors (Lipinski definition) is 4. The molecule has 0 saturated carbocycles. The fourth-order valence-corrected chi connectivity index (χ4v) is 1.44. The van der Waals surface area contributed by atoms with Crippen LogP contribution in [0.25, 0.3) is 0 Å². The lowest BCUT2D eigenvalue weighted by Gasteiger charge is -2.18. The molecule has 1 aliphatic rings. The molecule has 0 saturated heterocycles. The second kappa shape index (κ2) is 3.91. The van der Waals surface area contributed by atoms with Gasteiger partial charge in [0.25, 0.3) is 6.20 Å². The first-order chi connectivity index (χ1) is 5.74. The number of carbonyl (C=O) groups is 1. The lowest BCUT2D eigenvalue weighted by molar-refractivity contribution is -0.403. The summed E-state index contributed by atoms with van der Waals surface area (Å²) in [6.45, 7) is 0.399. The van der Waals surface area contributed by atoms with Crippen LogP contribution >= 0.6 is 11.8 Å². The predicted molar refractivity (Wildman–Crippen MR) is 44.6 cm³/mol. The van der Waals surface area contributed by atoms with E-state index in [4.69, 9.17) is 0 Å². The number of thioether (sulfide) groups is 1. The first-order valence-electron chi connectivity index (χ1n) is 3.13. The Kier molecular flexibility index (Phi) is 2.87. The maximum Gasteiger partial charge on any atom is 0.264 e. The molecule has 1 aliphatic heterocycles. The third-order valence-corrected chi connectivity index (χ3v) is 2.12. The van der Waals surface area contributed by atoms with Gasteiger partial charge in [-0.2, -0.15) is 0 Å². The fourth-order valence-electron chi connectivity index (χ4n) is 0.722. The van der Waals surface area contributed by atoms with Crippen LogP contribution in [0.15, 0.2) is 22.7 Å². The summed E-state index contributed by atoms with van der Waals surface area (Å²) in [6, 6.07) is 0. The quantitative estimate of drug-likeness (QED) is 0.363. The Bertz CT molecular complexity index is 262. The zero-order valence-electron chi connectivity index (χ0n) is 6.04. The van der Waals surface area contributed by atoms with E-state index in [1.807, 2.05) is 0 Å². The molecule has 0 fully saturated rings. The Morgan fingerprint density at radius 2 is 2.50 bits per heavy atom. The smallest absolute Gasteiger partial charge is 0.264 e. The largest absolute Gasteiger partial charge is 0.300 e. The number of carbonyl (C=O) groups excluding carboxylic acids is 1. The Balaban J connectivity index is 2.80. The van der Waals surface area contributed by atoms with Crippen molar-refractivity contribution in [2.45, 2.75) is 0 Å². The summed E-state index contributed by atoms with van der Waals surface area (Å²) in [7, 11) is 0.